The van der Waals surface area contributed by atoms with E-state index in [-0.39, 0.29) is 18.6 Å². The highest BCUT2D eigenvalue weighted by molar-refractivity contribution is 5.80. The van der Waals surface area contributed by atoms with E-state index in [2.05, 4.69) is 31.1 Å². The summed E-state index contributed by atoms with van der Waals surface area (Å²) in [4.78, 5) is 26.8. The lowest BCUT2D eigenvalue weighted by Crippen LogP contribution is -2.48. The van der Waals surface area contributed by atoms with Crippen molar-refractivity contribution in [2.24, 2.45) is 0 Å². The first-order chi connectivity index (χ1) is 9.91. The second-order valence-electron chi connectivity index (χ2n) is 6.12. The summed E-state index contributed by atoms with van der Waals surface area (Å²) < 4.78 is 0. The third kappa shape index (κ3) is 6.33. The van der Waals surface area contributed by atoms with Gasteiger partial charge in [-0.3, -0.25) is 4.79 Å². The molecule has 0 radical (unpaired) electrons. The van der Waals surface area contributed by atoms with Gasteiger partial charge in [0.25, 0.3) is 0 Å². The van der Waals surface area contributed by atoms with Crippen LogP contribution in [0.3, 0.4) is 0 Å². The summed E-state index contributed by atoms with van der Waals surface area (Å²) in [6, 6.07) is 0.332. The van der Waals surface area contributed by atoms with Crippen LogP contribution in [0.5, 0.6) is 0 Å². The number of nitrogens with zero attached hydrogens (tertiary/aromatic N) is 2. The number of nitrogens with one attached hydrogen (secondary N) is 1. The summed E-state index contributed by atoms with van der Waals surface area (Å²) in [5.74, 6) is -0.948. The van der Waals surface area contributed by atoms with Gasteiger partial charge in [0.1, 0.15) is 6.54 Å². The third-order valence-electron chi connectivity index (χ3n) is 4.18. The number of urea groups is 1. The molecule has 0 aromatic carbocycles. The first kappa shape index (κ1) is 17.8. The van der Waals surface area contributed by atoms with Crippen molar-refractivity contribution in [2.75, 3.05) is 26.7 Å². The molecule has 0 aliphatic heterocycles. The molecule has 21 heavy (non-hydrogen) atoms. The monoisotopic (exact) mass is 299 g/mol. The molecule has 1 rings (SSSR count). The van der Waals surface area contributed by atoms with Crippen LogP contribution < -0.4 is 5.32 Å². The Balaban J connectivity index is 2.36. The molecule has 122 valence electrons. The zero-order valence-corrected chi connectivity index (χ0v) is 13.5. The largest absolute Gasteiger partial charge is 0.480 e. The first-order valence-corrected chi connectivity index (χ1v) is 7.88. The average Bonchev–Trinajstić information content (AvgIpc) is 2.93. The first-order valence-electron chi connectivity index (χ1n) is 7.88. The highest BCUT2D eigenvalue weighted by Gasteiger charge is 2.28. The Kier molecular flexibility index (Phi) is 7.50. The molecule has 0 bridgehead atoms. The maximum Gasteiger partial charge on any atom is 0.323 e. The van der Waals surface area contributed by atoms with E-state index in [0.717, 1.165) is 38.6 Å². The van der Waals surface area contributed by atoms with Gasteiger partial charge in [-0.25, -0.2) is 4.79 Å². The molecule has 1 fully saturated rings. The lowest BCUT2D eigenvalue weighted by molar-refractivity contribution is -0.138. The van der Waals surface area contributed by atoms with Gasteiger partial charge in [0.05, 0.1) is 0 Å². The predicted octanol–water partition coefficient (Wildman–Crippen LogP) is 1.76. The fourth-order valence-corrected chi connectivity index (χ4v) is 2.61. The summed E-state index contributed by atoms with van der Waals surface area (Å²) in [5, 5.41) is 11.8. The van der Waals surface area contributed by atoms with Crippen molar-refractivity contribution in [3.8, 4) is 0 Å². The lowest BCUT2D eigenvalue weighted by Gasteiger charge is -2.28. The fraction of sp³-hybridized carbons (Fsp3) is 0.867. The number of carboxylic acids is 1. The standard InChI is InChI=1S/C15H29N3O3/c1-12(2)17(3)10-6-9-16-15(21)18(11-14(19)20)13-7-4-5-8-13/h12-13H,4-11H2,1-3H3,(H,16,21)(H,19,20). The van der Waals surface area contributed by atoms with Crippen molar-refractivity contribution in [3.63, 3.8) is 0 Å². The lowest BCUT2D eigenvalue weighted by atomic mass is 10.2. The number of amides is 2. The van der Waals surface area contributed by atoms with E-state index in [1.54, 1.807) is 0 Å². The van der Waals surface area contributed by atoms with Crippen molar-refractivity contribution < 1.29 is 14.7 Å². The van der Waals surface area contributed by atoms with Crippen LogP contribution >= 0.6 is 0 Å². The van der Waals surface area contributed by atoms with Crippen LogP contribution in [0.25, 0.3) is 0 Å². The minimum Gasteiger partial charge on any atom is -0.480 e. The number of hydrogen-bond acceptors (Lipinski definition) is 3. The molecule has 0 unspecified atom stereocenters. The van der Waals surface area contributed by atoms with Crippen LogP contribution in [0.2, 0.25) is 0 Å². The Labute approximate surface area is 127 Å². The molecule has 6 heteroatoms. The van der Waals surface area contributed by atoms with E-state index in [1.165, 1.54) is 4.90 Å². The Morgan fingerprint density at radius 3 is 2.43 bits per heavy atom. The zero-order valence-electron chi connectivity index (χ0n) is 13.5. The molecule has 1 aliphatic carbocycles. The molecule has 6 nitrogen and oxygen atoms in total. The number of hydrogen-bond donors (Lipinski definition) is 2. The van der Waals surface area contributed by atoms with E-state index < -0.39 is 5.97 Å². The van der Waals surface area contributed by atoms with Crippen molar-refractivity contribution in [1.82, 2.24) is 15.1 Å². The van der Waals surface area contributed by atoms with E-state index >= 15 is 0 Å². The van der Waals surface area contributed by atoms with Gasteiger partial charge in [0.2, 0.25) is 0 Å². The van der Waals surface area contributed by atoms with Gasteiger partial charge >= 0.3 is 12.0 Å². The number of carboxylic acid groups (broad SMARTS) is 1. The fourth-order valence-electron chi connectivity index (χ4n) is 2.61. The van der Waals surface area contributed by atoms with Crippen LogP contribution in [0.4, 0.5) is 4.79 Å². The molecule has 2 amide bonds. The van der Waals surface area contributed by atoms with Gasteiger partial charge in [-0.2, -0.15) is 0 Å². The summed E-state index contributed by atoms with van der Waals surface area (Å²) in [6.45, 7) is 5.56. The Bertz CT molecular complexity index is 341. The molecule has 1 saturated carbocycles. The molecular formula is C15H29N3O3. The van der Waals surface area contributed by atoms with E-state index in [9.17, 15) is 9.59 Å². The molecule has 0 atom stereocenters. The predicted molar refractivity (Wildman–Crippen MR) is 82.4 cm³/mol. The number of rotatable bonds is 8. The Morgan fingerprint density at radius 2 is 1.90 bits per heavy atom. The number of aliphatic carboxylic acids is 1. The van der Waals surface area contributed by atoms with Gasteiger partial charge < -0.3 is 20.2 Å². The van der Waals surface area contributed by atoms with Crippen LogP contribution in [0.15, 0.2) is 0 Å². The maximum absolute atomic E-state index is 12.2. The molecule has 0 spiro atoms. The Morgan fingerprint density at radius 1 is 1.29 bits per heavy atom. The molecule has 1 aliphatic rings. The zero-order chi connectivity index (χ0) is 15.8. The smallest absolute Gasteiger partial charge is 0.323 e. The van der Waals surface area contributed by atoms with Crippen LogP contribution in [-0.4, -0.2) is 65.7 Å². The molecular weight excluding hydrogens is 270 g/mol. The minimum absolute atomic E-state index is 0.0828. The van der Waals surface area contributed by atoms with E-state index in [1.807, 2.05) is 0 Å². The van der Waals surface area contributed by atoms with Gasteiger partial charge in [0.15, 0.2) is 0 Å². The van der Waals surface area contributed by atoms with E-state index in [4.69, 9.17) is 5.11 Å². The van der Waals surface area contributed by atoms with Crippen molar-refractivity contribution in [2.45, 2.75) is 58.0 Å². The summed E-state index contributed by atoms with van der Waals surface area (Å²) >= 11 is 0. The quantitative estimate of drug-likeness (QED) is 0.670. The van der Waals surface area contributed by atoms with Gasteiger partial charge in [0, 0.05) is 18.6 Å². The van der Waals surface area contributed by atoms with Crippen molar-refractivity contribution in [3.05, 3.63) is 0 Å². The van der Waals surface area contributed by atoms with Crippen molar-refractivity contribution >= 4 is 12.0 Å². The average molecular weight is 299 g/mol. The summed E-state index contributed by atoms with van der Waals surface area (Å²) in [6.07, 6.45) is 4.85. The highest BCUT2D eigenvalue weighted by Crippen LogP contribution is 2.23. The SMILES string of the molecule is CC(C)N(C)CCCNC(=O)N(CC(=O)O)C1CCCC1. The topological polar surface area (TPSA) is 72.9 Å². The summed E-state index contributed by atoms with van der Waals surface area (Å²) in [5.41, 5.74) is 0. The van der Waals surface area contributed by atoms with Gasteiger partial charge in [-0.05, 0) is 46.7 Å². The van der Waals surface area contributed by atoms with Crippen LogP contribution in [0.1, 0.15) is 46.0 Å². The number of carbonyl (C=O) groups excluding carboxylic acids is 1. The van der Waals surface area contributed by atoms with Crippen LogP contribution in [-0.2, 0) is 4.79 Å². The highest BCUT2D eigenvalue weighted by atomic mass is 16.4. The van der Waals surface area contributed by atoms with Crippen LogP contribution in [0, 0.1) is 0 Å². The second-order valence-corrected chi connectivity index (χ2v) is 6.12. The second kappa shape index (κ2) is 8.87. The minimum atomic E-state index is -0.948. The molecule has 0 aromatic heterocycles. The van der Waals surface area contributed by atoms with Crippen molar-refractivity contribution in [1.29, 1.82) is 0 Å². The third-order valence-corrected chi connectivity index (χ3v) is 4.18. The number of carbonyl (C=O) groups is 2. The van der Waals surface area contributed by atoms with E-state index in [0.29, 0.717) is 12.6 Å². The van der Waals surface area contributed by atoms with Gasteiger partial charge in [-0.1, -0.05) is 12.8 Å². The molecule has 0 saturated heterocycles. The normalized spacial score (nSPS) is 15.7. The Hall–Kier alpha value is -1.30. The summed E-state index contributed by atoms with van der Waals surface area (Å²) in [7, 11) is 2.06. The molecule has 2 N–H and O–H groups in total. The maximum atomic E-state index is 12.2. The molecule has 0 aromatic rings. The molecule has 0 heterocycles. The van der Waals surface area contributed by atoms with Gasteiger partial charge in [-0.15, -0.1) is 0 Å².